The van der Waals surface area contributed by atoms with Gasteiger partial charge in [-0.2, -0.15) is 0 Å². The van der Waals surface area contributed by atoms with E-state index in [2.05, 4.69) is 25.7 Å². The second-order valence-electron chi connectivity index (χ2n) is 3.90. The zero-order valence-corrected chi connectivity index (χ0v) is 9.97. The summed E-state index contributed by atoms with van der Waals surface area (Å²) in [6.45, 7) is 1.65. The molecule has 0 atom stereocenters. The molecule has 0 aliphatic heterocycles. The van der Waals surface area contributed by atoms with E-state index in [0.29, 0.717) is 12.4 Å². The van der Waals surface area contributed by atoms with E-state index in [-0.39, 0.29) is 12.3 Å². The van der Waals surface area contributed by atoms with Gasteiger partial charge in [-0.05, 0) is 37.5 Å². The first kappa shape index (κ1) is 12.6. The van der Waals surface area contributed by atoms with Crippen molar-refractivity contribution in [3.05, 3.63) is 5.82 Å². The minimum atomic E-state index is -0.0448. The maximum absolute atomic E-state index is 11.5. The van der Waals surface area contributed by atoms with E-state index < -0.39 is 0 Å². The van der Waals surface area contributed by atoms with Crippen molar-refractivity contribution in [2.24, 2.45) is 7.05 Å². The molecule has 0 saturated carbocycles. The number of nitrogens with zero attached hydrogens (tertiary/aromatic N) is 5. The summed E-state index contributed by atoms with van der Waals surface area (Å²) in [7, 11) is 5.73. The van der Waals surface area contributed by atoms with Crippen molar-refractivity contribution < 1.29 is 4.79 Å². The van der Waals surface area contributed by atoms with Crippen LogP contribution in [0.2, 0.25) is 0 Å². The molecule has 90 valence electrons. The molecule has 16 heavy (non-hydrogen) atoms. The number of tetrazole rings is 1. The highest BCUT2D eigenvalue weighted by atomic mass is 16.1. The lowest BCUT2D eigenvalue weighted by molar-refractivity contribution is -0.120. The fourth-order valence-electron chi connectivity index (χ4n) is 1.23. The average molecular weight is 226 g/mol. The molecule has 0 fully saturated rings. The summed E-state index contributed by atoms with van der Waals surface area (Å²) in [4.78, 5) is 13.6. The Morgan fingerprint density at radius 1 is 1.50 bits per heavy atom. The van der Waals surface area contributed by atoms with Crippen LogP contribution in [0.1, 0.15) is 12.2 Å². The third kappa shape index (κ3) is 4.35. The van der Waals surface area contributed by atoms with Gasteiger partial charge in [-0.3, -0.25) is 4.79 Å². The summed E-state index contributed by atoms with van der Waals surface area (Å²) < 4.78 is 1.50. The second kappa shape index (κ2) is 6.16. The molecule has 1 N–H and O–H groups in total. The highest BCUT2D eigenvalue weighted by Crippen LogP contribution is 1.90. The van der Waals surface area contributed by atoms with Crippen LogP contribution >= 0.6 is 0 Å². The highest BCUT2D eigenvalue weighted by molar-refractivity contribution is 5.77. The molecule has 1 rings (SSSR count). The van der Waals surface area contributed by atoms with Crippen LogP contribution in [0.3, 0.4) is 0 Å². The van der Waals surface area contributed by atoms with Crippen molar-refractivity contribution in [1.82, 2.24) is 30.4 Å². The molecule has 7 nitrogen and oxygen atoms in total. The second-order valence-corrected chi connectivity index (χ2v) is 3.90. The van der Waals surface area contributed by atoms with Crippen LogP contribution in [0.5, 0.6) is 0 Å². The van der Waals surface area contributed by atoms with Gasteiger partial charge in [0, 0.05) is 13.6 Å². The average Bonchev–Trinajstić information content (AvgIpc) is 2.59. The topological polar surface area (TPSA) is 75.9 Å². The summed E-state index contributed by atoms with van der Waals surface area (Å²) in [6.07, 6.45) is 1.17. The van der Waals surface area contributed by atoms with Gasteiger partial charge in [-0.25, -0.2) is 4.68 Å². The van der Waals surface area contributed by atoms with E-state index >= 15 is 0 Å². The predicted molar refractivity (Wildman–Crippen MR) is 58.7 cm³/mol. The maximum atomic E-state index is 11.5. The Morgan fingerprint density at radius 3 is 2.81 bits per heavy atom. The van der Waals surface area contributed by atoms with E-state index in [0.717, 1.165) is 13.0 Å². The van der Waals surface area contributed by atoms with Gasteiger partial charge in [-0.1, -0.05) is 0 Å². The molecule has 0 aliphatic carbocycles. The third-order valence-corrected chi connectivity index (χ3v) is 2.13. The van der Waals surface area contributed by atoms with Gasteiger partial charge < -0.3 is 10.2 Å². The summed E-state index contributed by atoms with van der Waals surface area (Å²) >= 11 is 0. The van der Waals surface area contributed by atoms with Crippen molar-refractivity contribution in [2.75, 3.05) is 27.2 Å². The van der Waals surface area contributed by atoms with Crippen LogP contribution < -0.4 is 5.32 Å². The fourth-order valence-corrected chi connectivity index (χ4v) is 1.23. The molecule has 0 aromatic carbocycles. The van der Waals surface area contributed by atoms with Gasteiger partial charge in [-0.15, -0.1) is 5.10 Å². The Bertz CT molecular complexity index is 334. The predicted octanol–water partition coefficient (Wildman–Crippen LogP) is -1.18. The maximum Gasteiger partial charge on any atom is 0.227 e. The minimum Gasteiger partial charge on any atom is -0.356 e. The lowest BCUT2D eigenvalue weighted by Crippen LogP contribution is -2.29. The molecule has 0 saturated heterocycles. The molecule has 0 aliphatic rings. The Morgan fingerprint density at radius 2 is 2.25 bits per heavy atom. The van der Waals surface area contributed by atoms with Gasteiger partial charge in [0.1, 0.15) is 0 Å². The zero-order chi connectivity index (χ0) is 12.0. The molecular weight excluding hydrogens is 208 g/mol. The van der Waals surface area contributed by atoms with Gasteiger partial charge in [0.2, 0.25) is 5.91 Å². The summed E-state index contributed by atoms with van der Waals surface area (Å²) in [5.74, 6) is 0.529. The van der Waals surface area contributed by atoms with Crippen molar-refractivity contribution in [2.45, 2.75) is 12.8 Å². The Kier molecular flexibility index (Phi) is 4.84. The number of hydrogen-bond donors (Lipinski definition) is 1. The zero-order valence-electron chi connectivity index (χ0n) is 9.97. The number of aryl methyl sites for hydroxylation is 1. The molecule has 0 bridgehead atoms. The number of carbonyl (C=O) groups is 1. The first-order valence-electron chi connectivity index (χ1n) is 5.22. The lowest BCUT2D eigenvalue weighted by Gasteiger charge is -2.09. The summed E-state index contributed by atoms with van der Waals surface area (Å²) in [6, 6.07) is 0. The molecule has 0 radical (unpaired) electrons. The monoisotopic (exact) mass is 226 g/mol. The lowest BCUT2D eigenvalue weighted by atomic mass is 10.3. The SMILES string of the molecule is CN(C)CCCNC(=O)Cc1nnnn1C. The molecule has 1 aromatic rings. The fraction of sp³-hybridized carbons (Fsp3) is 0.778. The van der Waals surface area contributed by atoms with Crippen molar-refractivity contribution >= 4 is 5.91 Å². The molecule has 0 spiro atoms. The third-order valence-electron chi connectivity index (χ3n) is 2.13. The van der Waals surface area contributed by atoms with Gasteiger partial charge >= 0.3 is 0 Å². The quantitative estimate of drug-likeness (QED) is 0.618. The van der Waals surface area contributed by atoms with Crippen LogP contribution in [0.4, 0.5) is 0 Å². The van der Waals surface area contributed by atoms with E-state index in [1.165, 1.54) is 4.68 Å². The smallest absolute Gasteiger partial charge is 0.227 e. The highest BCUT2D eigenvalue weighted by Gasteiger charge is 2.08. The normalized spacial score (nSPS) is 10.8. The molecular formula is C9H18N6O. The van der Waals surface area contributed by atoms with Crippen LogP contribution in [-0.4, -0.2) is 58.2 Å². The molecule has 1 aromatic heterocycles. The van der Waals surface area contributed by atoms with E-state index in [1.54, 1.807) is 7.05 Å². The Hall–Kier alpha value is -1.50. The van der Waals surface area contributed by atoms with Crippen molar-refractivity contribution in [3.8, 4) is 0 Å². The van der Waals surface area contributed by atoms with Crippen molar-refractivity contribution in [1.29, 1.82) is 0 Å². The van der Waals surface area contributed by atoms with Gasteiger partial charge in [0.25, 0.3) is 0 Å². The number of hydrogen-bond acceptors (Lipinski definition) is 5. The largest absolute Gasteiger partial charge is 0.356 e. The number of carbonyl (C=O) groups excluding carboxylic acids is 1. The summed E-state index contributed by atoms with van der Waals surface area (Å²) in [5, 5.41) is 13.7. The number of amides is 1. The number of rotatable bonds is 6. The first-order chi connectivity index (χ1) is 7.59. The Balaban J connectivity index is 2.19. The summed E-state index contributed by atoms with van der Waals surface area (Å²) in [5.41, 5.74) is 0. The number of nitrogens with one attached hydrogen (secondary N) is 1. The Labute approximate surface area is 94.8 Å². The number of aromatic nitrogens is 4. The van der Waals surface area contributed by atoms with Crippen LogP contribution in [0.15, 0.2) is 0 Å². The van der Waals surface area contributed by atoms with Crippen LogP contribution in [-0.2, 0) is 18.3 Å². The molecule has 7 heteroatoms. The molecule has 1 amide bonds. The molecule has 0 unspecified atom stereocenters. The van der Waals surface area contributed by atoms with Crippen LogP contribution in [0.25, 0.3) is 0 Å². The van der Waals surface area contributed by atoms with Gasteiger partial charge in [0.15, 0.2) is 5.82 Å². The minimum absolute atomic E-state index is 0.0448. The molecule has 1 heterocycles. The first-order valence-corrected chi connectivity index (χ1v) is 5.22. The van der Waals surface area contributed by atoms with Gasteiger partial charge in [0.05, 0.1) is 6.42 Å². The van der Waals surface area contributed by atoms with E-state index in [9.17, 15) is 4.79 Å². The van der Waals surface area contributed by atoms with Crippen molar-refractivity contribution in [3.63, 3.8) is 0 Å². The van der Waals surface area contributed by atoms with Crippen LogP contribution in [0, 0.1) is 0 Å². The van der Waals surface area contributed by atoms with E-state index in [4.69, 9.17) is 0 Å². The van der Waals surface area contributed by atoms with E-state index in [1.807, 2.05) is 14.1 Å². The standard InChI is InChI=1S/C9H18N6O/c1-14(2)6-4-5-10-9(16)7-8-11-12-13-15(8)3/h4-7H2,1-3H3,(H,10,16).